The molecular weight excluding hydrogens is 208 g/mol. The Bertz CT molecular complexity index is 219. The molecule has 1 aliphatic rings. The van der Waals surface area contributed by atoms with Crippen LogP contribution >= 0.6 is 11.8 Å². The highest BCUT2D eigenvalue weighted by Crippen LogP contribution is 2.21. The molecule has 4 heteroatoms. The molecule has 1 rings (SSSR count). The van der Waals surface area contributed by atoms with Crippen LogP contribution in [0.1, 0.15) is 27.2 Å². The summed E-state index contributed by atoms with van der Waals surface area (Å²) in [6.07, 6.45) is 1.20. The molecule has 2 unspecified atom stereocenters. The lowest BCUT2D eigenvalue weighted by molar-refractivity contribution is 0.179. The molecule has 0 bridgehead atoms. The van der Waals surface area contributed by atoms with Gasteiger partial charge in [-0.25, -0.2) is 0 Å². The van der Waals surface area contributed by atoms with Gasteiger partial charge in [0.15, 0.2) is 5.17 Å². The van der Waals surface area contributed by atoms with Gasteiger partial charge >= 0.3 is 0 Å². The summed E-state index contributed by atoms with van der Waals surface area (Å²) in [5.41, 5.74) is 0. The molecule has 0 saturated heterocycles. The largest absolute Gasteiger partial charge is 0.383 e. The molecule has 1 aliphatic heterocycles. The van der Waals surface area contributed by atoms with Gasteiger partial charge in [0, 0.05) is 18.9 Å². The van der Waals surface area contributed by atoms with Gasteiger partial charge in [-0.15, -0.1) is 0 Å². The zero-order chi connectivity index (χ0) is 11.3. The van der Waals surface area contributed by atoms with Crippen LogP contribution in [0.4, 0.5) is 0 Å². The predicted octanol–water partition coefficient (Wildman–Crippen LogP) is 2.13. The van der Waals surface area contributed by atoms with Crippen LogP contribution in [0.5, 0.6) is 0 Å². The molecule has 0 aromatic heterocycles. The molecular formula is C11H22N2OS. The highest BCUT2D eigenvalue weighted by atomic mass is 32.2. The Morgan fingerprint density at radius 2 is 2.27 bits per heavy atom. The normalized spacial score (nSPS) is 23.8. The summed E-state index contributed by atoms with van der Waals surface area (Å²) in [5, 5.41) is 4.48. The quantitative estimate of drug-likeness (QED) is 0.803. The van der Waals surface area contributed by atoms with Gasteiger partial charge in [0.25, 0.3) is 0 Å². The first kappa shape index (κ1) is 12.8. The first-order valence-electron chi connectivity index (χ1n) is 5.59. The average molecular weight is 230 g/mol. The molecule has 0 fully saturated rings. The second-order valence-corrected chi connectivity index (χ2v) is 5.47. The first-order valence-corrected chi connectivity index (χ1v) is 6.58. The minimum Gasteiger partial charge on any atom is -0.383 e. The maximum atomic E-state index is 5.09. The van der Waals surface area contributed by atoms with Gasteiger partial charge in [0.2, 0.25) is 0 Å². The summed E-state index contributed by atoms with van der Waals surface area (Å²) in [5.74, 6) is 1.81. The molecule has 0 spiro atoms. The summed E-state index contributed by atoms with van der Waals surface area (Å²) >= 11 is 1.82. The van der Waals surface area contributed by atoms with Crippen molar-refractivity contribution in [3.8, 4) is 0 Å². The molecule has 0 aliphatic carbocycles. The van der Waals surface area contributed by atoms with Gasteiger partial charge < -0.3 is 10.1 Å². The standard InChI is InChI=1S/C11H22N2OS/c1-8(2)10-5-6-15-11(13-10)12-9(3)7-14-4/h8-10H,5-7H2,1-4H3,(H,12,13). The molecule has 1 heterocycles. The van der Waals surface area contributed by atoms with Crippen molar-refractivity contribution < 1.29 is 4.74 Å². The highest BCUT2D eigenvalue weighted by molar-refractivity contribution is 8.13. The van der Waals surface area contributed by atoms with E-state index >= 15 is 0 Å². The lowest BCUT2D eigenvalue weighted by Crippen LogP contribution is -2.37. The second-order valence-electron chi connectivity index (χ2n) is 4.38. The zero-order valence-corrected chi connectivity index (χ0v) is 10.9. The van der Waals surface area contributed by atoms with E-state index in [-0.39, 0.29) is 0 Å². The Hall–Kier alpha value is -0.220. The minimum atomic E-state index is 0.340. The average Bonchev–Trinajstić information content (AvgIpc) is 2.18. The SMILES string of the molecule is COCC(C)NC1=NC(C(C)C)CCS1. The molecule has 0 radical (unpaired) electrons. The van der Waals surface area contributed by atoms with E-state index in [1.165, 1.54) is 12.2 Å². The molecule has 0 aromatic carbocycles. The Labute approximate surface area is 97.1 Å². The van der Waals surface area contributed by atoms with E-state index in [0.29, 0.717) is 18.0 Å². The smallest absolute Gasteiger partial charge is 0.157 e. The van der Waals surface area contributed by atoms with Crippen molar-refractivity contribution in [2.45, 2.75) is 39.3 Å². The van der Waals surface area contributed by atoms with Crippen LogP contribution in [-0.4, -0.2) is 36.7 Å². The molecule has 0 saturated carbocycles. The van der Waals surface area contributed by atoms with Crippen molar-refractivity contribution in [1.82, 2.24) is 5.32 Å². The van der Waals surface area contributed by atoms with E-state index in [9.17, 15) is 0 Å². The van der Waals surface area contributed by atoms with Crippen molar-refractivity contribution >= 4 is 16.9 Å². The fourth-order valence-electron chi connectivity index (χ4n) is 1.59. The number of nitrogens with one attached hydrogen (secondary N) is 1. The summed E-state index contributed by atoms with van der Waals surface area (Å²) < 4.78 is 5.09. The van der Waals surface area contributed by atoms with Crippen molar-refractivity contribution in [3.63, 3.8) is 0 Å². The van der Waals surface area contributed by atoms with E-state index in [0.717, 1.165) is 11.8 Å². The van der Waals surface area contributed by atoms with E-state index < -0.39 is 0 Å². The summed E-state index contributed by atoms with van der Waals surface area (Å²) in [7, 11) is 1.73. The van der Waals surface area contributed by atoms with Crippen molar-refractivity contribution in [2.75, 3.05) is 19.5 Å². The number of hydrogen-bond donors (Lipinski definition) is 1. The van der Waals surface area contributed by atoms with Gasteiger partial charge in [-0.1, -0.05) is 25.6 Å². The Morgan fingerprint density at radius 1 is 1.53 bits per heavy atom. The predicted molar refractivity (Wildman–Crippen MR) is 67.6 cm³/mol. The van der Waals surface area contributed by atoms with Crippen molar-refractivity contribution in [1.29, 1.82) is 0 Å². The first-order chi connectivity index (χ1) is 7.13. The maximum Gasteiger partial charge on any atom is 0.157 e. The Kier molecular flexibility index (Phi) is 5.47. The highest BCUT2D eigenvalue weighted by Gasteiger charge is 2.19. The Morgan fingerprint density at radius 3 is 2.87 bits per heavy atom. The van der Waals surface area contributed by atoms with Gasteiger partial charge in [-0.2, -0.15) is 0 Å². The third-order valence-corrected chi connectivity index (χ3v) is 3.43. The van der Waals surface area contributed by atoms with Crippen LogP contribution in [0.3, 0.4) is 0 Å². The van der Waals surface area contributed by atoms with Crippen LogP contribution in [0.25, 0.3) is 0 Å². The van der Waals surface area contributed by atoms with Gasteiger partial charge in [0.05, 0.1) is 12.6 Å². The molecule has 3 nitrogen and oxygen atoms in total. The zero-order valence-electron chi connectivity index (χ0n) is 10.1. The number of rotatable bonds is 4. The van der Waals surface area contributed by atoms with Crippen LogP contribution in [-0.2, 0) is 4.74 Å². The second kappa shape index (κ2) is 6.38. The number of amidine groups is 1. The van der Waals surface area contributed by atoms with Gasteiger partial charge in [0.1, 0.15) is 0 Å². The lowest BCUT2D eigenvalue weighted by atomic mass is 10.0. The number of methoxy groups -OCH3 is 1. The van der Waals surface area contributed by atoms with E-state index in [2.05, 4.69) is 26.1 Å². The van der Waals surface area contributed by atoms with E-state index in [4.69, 9.17) is 9.73 Å². The van der Waals surface area contributed by atoms with Crippen LogP contribution in [0, 0.1) is 5.92 Å². The van der Waals surface area contributed by atoms with Crippen molar-refractivity contribution in [3.05, 3.63) is 0 Å². The van der Waals surface area contributed by atoms with Crippen molar-refractivity contribution in [2.24, 2.45) is 10.9 Å². The molecule has 15 heavy (non-hydrogen) atoms. The summed E-state index contributed by atoms with van der Waals surface area (Å²) in [4.78, 5) is 4.72. The molecule has 88 valence electrons. The topological polar surface area (TPSA) is 33.6 Å². The minimum absolute atomic E-state index is 0.340. The lowest BCUT2D eigenvalue weighted by Gasteiger charge is -2.25. The maximum absolute atomic E-state index is 5.09. The van der Waals surface area contributed by atoms with Crippen LogP contribution in [0.15, 0.2) is 4.99 Å². The molecule has 0 amide bonds. The summed E-state index contributed by atoms with van der Waals surface area (Å²) in [6.45, 7) is 7.32. The van der Waals surface area contributed by atoms with Crippen LogP contribution < -0.4 is 5.32 Å². The number of hydrogen-bond acceptors (Lipinski definition) is 4. The third-order valence-electron chi connectivity index (χ3n) is 2.49. The van der Waals surface area contributed by atoms with E-state index in [1.807, 2.05) is 11.8 Å². The van der Waals surface area contributed by atoms with Crippen LogP contribution in [0.2, 0.25) is 0 Å². The molecule has 0 aromatic rings. The fraction of sp³-hybridized carbons (Fsp3) is 0.909. The van der Waals surface area contributed by atoms with Gasteiger partial charge in [-0.05, 0) is 19.3 Å². The monoisotopic (exact) mass is 230 g/mol. The number of thioether (sulfide) groups is 1. The third kappa shape index (κ3) is 4.43. The fourth-order valence-corrected chi connectivity index (χ4v) is 2.64. The number of nitrogens with zero attached hydrogens (tertiary/aromatic N) is 1. The molecule has 1 N–H and O–H groups in total. The van der Waals surface area contributed by atoms with Gasteiger partial charge in [-0.3, -0.25) is 4.99 Å². The number of ether oxygens (including phenoxy) is 1. The van der Waals surface area contributed by atoms with E-state index in [1.54, 1.807) is 7.11 Å². The Balaban J connectivity index is 2.46. The number of aliphatic imine (C=N–C) groups is 1. The summed E-state index contributed by atoms with van der Waals surface area (Å²) in [6, 6.07) is 0.829. The molecule has 2 atom stereocenters.